The van der Waals surface area contributed by atoms with E-state index in [4.69, 9.17) is 11.6 Å². The lowest BCUT2D eigenvalue weighted by Gasteiger charge is -2.29. The molecule has 0 radical (unpaired) electrons. The van der Waals surface area contributed by atoms with Gasteiger partial charge in [-0.25, -0.2) is 4.98 Å². The molecule has 3 aromatic rings. The SMILES string of the molecule is O=C(CSc1nc2ccsc2c(=O)n1CC1CCC(C(=O)[O-])CC1)c1ccc(Cl)cc1. The number of carboxylic acids is 1. The third kappa shape index (κ3) is 5.02. The van der Waals surface area contributed by atoms with Crippen molar-refractivity contribution in [2.45, 2.75) is 37.4 Å². The maximum absolute atomic E-state index is 13.1. The largest absolute Gasteiger partial charge is 0.550 e. The predicted molar refractivity (Wildman–Crippen MR) is 121 cm³/mol. The zero-order valence-corrected chi connectivity index (χ0v) is 19.0. The molecule has 1 aliphatic rings. The van der Waals surface area contributed by atoms with Gasteiger partial charge in [-0.15, -0.1) is 11.3 Å². The van der Waals surface area contributed by atoms with Gasteiger partial charge in [-0.05, 0) is 73.2 Å². The summed E-state index contributed by atoms with van der Waals surface area (Å²) in [5.41, 5.74) is 1.08. The van der Waals surface area contributed by atoms with Crippen molar-refractivity contribution in [3.8, 4) is 0 Å². The van der Waals surface area contributed by atoms with Gasteiger partial charge in [0.1, 0.15) is 4.70 Å². The van der Waals surface area contributed by atoms with Gasteiger partial charge in [0.25, 0.3) is 5.56 Å². The zero-order valence-electron chi connectivity index (χ0n) is 16.6. The molecule has 2 heterocycles. The smallest absolute Gasteiger partial charge is 0.272 e. The summed E-state index contributed by atoms with van der Waals surface area (Å²) in [4.78, 5) is 41.5. The first-order valence-corrected chi connectivity index (χ1v) is 12.3. The van der Waals surface area contributed by atoms with Crippen LogP contribution in [0.25, 0.3) is 10.2 Å². The van der Waals surface area contributed by atoms with E-state index in [0.717, 1.165) is 12.8 Å². The number of carbonyl (C=O) groups excluding carboxylic acids is 2. The van der Waals surface area contributed by atoms with Crippen LogP contribution in [0.2, 0.25) is 5.02 Å². The van der Waals surface area contributed by atoms with Crippen molar-refractivity contribution in [3.05, 3.63) is 56.7 Å². The van der Waals surface area contributed by atoms with E-state index < -0.39 is 11.9 Å². The molecule has 4 rings (SSSR count). The number of carboxylic acid groups (broad SMARTS) is 1. The molecule has 6 nitrogen and oxygen atoms in total. The first-order valence-electron chi connectivity index (χ1n) is 10.0. The van der Waals surface area contributed by atoms with Crippen LogP contribution in [0.3, 0.4) is 0 Å². The van der Waals surface area contributed by atoms with Crippen LogP contribution in [-0.2, 0) is 11.3 Å². The lowest BCUT2D eigenvalue weighted by Crippen LogP contribution is -2.35. The number of aliphatic carboxylic acids is 1. The third-order valence-corrected chi connectivity index (χ3v) is 7.77. The average Bonchev–Trinajstić information content (AvgIpc) is 3.24. The molecule has 0 atom stereocenters. The molecule has 1 fully saturated rings. The molecule has 0 N–H and O–H groups in total. The molecule has 0 amide bonds. The Morgan fingerprint density at radius 2 is 1.87 bits per heavy atom. The van der Waals surface area contributed by atoms with Gasteiger partial charge >= 0.3 is 0 Å². The van der Waals surface area contributed by atoms with E-state index in [1.165, 1.54) is 23.1 Å². The van der Waals surface area contributed by atoms with E-state index in [1.54, 1.807) is 28.8 Å². The molecule has 0 bridgehead atoms. The second kappa shape index (κ2) is 9.54. The highest BCUT2D eigenvalue weighted by atomic mass is 35.5. The quantitative estimate of drug-likeness (QED) is 0.294. The number of thiophene rings is 1. The highest BCUT2D eigenvalue weighted by Crippen LogP contribution is 2.31. The number of benzene rings is 1. The van der Waals surface area contributed by atoms with Gasteiger partial charge in [-0.2, -0.15) is 0 Å². The molecule has 162 valence electrons. The van der Waals surface area contributed by atoms with Crippen molar-refractivity contribution in [1.82, 2.24) is 9.55 Å². The first-order chi connectivity index (χ1) is 14.9. The molecule has 0 spiro atoms. The molecule has 0 aliphatic heterocycles. The van der Waals surface area contributed by atoms with Crippen molar-refractivity contribution in [3.63, 3.8) is 0 Å². The van der Waals surface area contributed by atoms with Crippen molar-refractivity contribution < 1.29 is 14.7 Å². The number of thioether (sulfide) groups is 1. The Balaban J connectivity index is 1.54. The Morgan fingerprint density at radius 3 is 2.55 bits per heavy atom. The van der Waals surface area contributed by atoms with Crippen LogP contribution >= 0.6 is 34.7 Å². The number of hydrogen-bond donors (Lipinski definition) is 0. The fourth-order valence-electron chi connectivity index (χ4n) is 3.88. The lowest BCUT2D eigenvalue weighted by atomic mass is 9.82. The Hall–Kier alpha value is -2.16. The van der Waals surface area contributed by atoms with Gasteiger partial charge in [-0.3, -0.25) is 14.2 Å². The minimum atomic E-state index is -0.991. The summed E-state index contributed by atoms with van der Waals surface area (Å²) in [6.07, 6.45) is 2.57. The van der Waals surface area contributed by atoms with E-state index in [9.17, 15) is 19.5 Å². The number of rotatable bonds is 7. The maximum Gasteiger partial charge on any atom is 0.272 e. The number of halogens is 1. The summed E-state index contributed by atoms with van der Waals surface area (Å²) in [5, 5.41) is 14.0. The second-order valence-corrected chi connectivity index (χ2v) is 10.00. The van der Waals surface area contributed by atoms with E-state index >= 15 is 0 Å². The summed E-state index contributed by atoms with van der Waals surface area (Å²) in [5.74, 6) is -1.12. The molecule has 1 saturated carbocycles. The van der Waals surface area contributed by atoms with Crippen LogP contribution in [0.1, 0.15) is 36.0 Å². The van der Waals surface area contributed by atoms with E-state index in [0.29, 0.717) is 45.3 Å². The Kier molecular flexibility index (Phi) is 6.79. The van der Waals surface area contributed by atoms with Gasteiger partial charge in [0.15, 0.2) is 10.9 Å². The number of aromatic nitrogens is 2. The summed E-state index contributed by atoms with van der Waals surface area (Å²) in [7, 11) is 0. The summed E-state index contributed by atoms with van der Waals surface area (Å²) in [6.45, 7) is 0.469. The first kappa shape index (κ1) is 22.0. The molecule has 1 aliphatic carbocycles. The predicted octanol–water partition coefficient (Wildman–Crippen LogP) is 3.64. The van der Waals surface area contributed by atoms with Crippen LogP contribution in [0, 0.1) is 11.8 Å². The van der Waals surface area contributed by atoms with Crippen molar-refractivity contribution in [2.24, 2.45) is 11.8 Å². The van der Waals surface area contributed by atoms with E-state index in [-0.39, 0.29) is 23.0 Å². The van der Waals surface area contributed by atoms with Gasteiger partial charge in [-0.1, -0.05) is 23.4 Å². The number of nitrogens with zero attached hydrogens (tertiary/aromatic N) is 2. The van der Waals surface area contributed by atoms with Crippen molar-refractivity contribution >= 4 is 56.7 Å². The summed E-state index contributed by atoms with van der Waals surface area (Å²) in [6, 6.07) is 8.52. The Morgan fingerprint density at radius 1 is 1.16 bits per heavy atom. The highest BCUT2D eigenvalue weighted by Gasteiger charge is 2.24. The number of carbonyl (C=O) groups is 2. The summed E-state index contributed by atoms with van der Waals surface area (Å²) >= 11 is 8.50. The van der Waals surface area contributed by atoms with Gasteiger partial charge in [0.05, 0.1) is 11.3 Å². The zero-order chi connectivity index (χ0) is 22.0. The minimum Gasteiger partial charge on any atom is -0.550 e. The fraction of sp³-hybridized carbons (Fsp3) is 0.364. The van der Waals surface area contributed by atoms with Crippen LogP contribution < -0.4 is 10.7 Å². The normalized spacial score (nSPS) is 18.9. The molecule has 0 saturated heterocycles. The molecule has 31 heavy (non-hydrogen) atoms. The number of ketones is 1. The number of Topliss-reactive ketones (excluding diaryl/α,β-unsaturated/α-hetero) is 1. The van der Waals surface area contributed by atoms with Crippen LogP contribution in [0.4, 0.5) is 0 Å². The molecule has 0 unspecified atom stereocenters. The molecule has 1 aromatic carbocycles. The monoisotopic (exact) mass is 475 g/mol. The minimum absolute atomic E-state index is 0.0673. The average molecular weight is 476 g/mol. The van der Waals surface area contributed by atoms with Gasteiger partial charge in [0.2, 0.25) is 0 Å². The van der Waals surface area contributed by atoms with Gasteiger partial charge in [0, 0.05) is 23.1 Å². The maximum atomic E-state index is 13.1. The Bertz CT molecular complexity index is 1160. The molecular weight excluding hydrogens is 456 g/mol. The molecular formula is C22H20ClN2O4S2-. The van der Waals surface area contributed by atoms with Crippen LogP contribution in [0.5, 0.6) is 0 Å². The number of hydrogen-bond acceptors (Lipinski definition) is 7. The molecule has 9 heteroatoms. The molecule has 2 aromatic heterocycles. The fourth-order valence-corrected chi connectivity index (χ4v) is 5.69. The van der Waals surface area contributed by atoms with E-state index in [2.05, 4.69) is 4.98 Å². The lowest BCUT2D eigenvalue weighted by molar-refractivity contribution is -0.312. The van der Waals surface area contributed by atoms with Crippen LogP contribution in [0.15, 0.2) is 45.7 Å². The third-order valence-electron chi connectivity index (χ3n) is 5.65. The van der Waals surface area contributed by atoms with E-state index in [1.807, 2.05) is 11.4 Å². The summed E-state index contributed by atoms with van der Waals surface area (Å²) < 4.78 is 2.25. The second-order valence-electron chi connectivity index (χ2n) is 7.70. The van der Waals surface area contributed by atoms with Crippen molar-refractivity contribution in [1.29, 1.82) is 0 Å². The highest BCUT2D eigenvalue weighted by molar-refractivity contribution is 7.99. The number of fused-ring (bicyclic) bond motifs is 1. The van der Waals surface area contributed by atoms with Gasteiger partial charge < -0.3 is 9.90 Å². The standard InChI is InChI=1S/C22H21ClN2O4S2/c23-16-7-5-14(6-8-16)18(26)12-31-22-24-17-9-10-30-19(17)20(27)25(22)11-13-1-3-15(4-2-13)21(28)29/h5-10,13,15H,1-4,11-12H2,(H,28,29)/p-1. The van der Waals surface area contributed by atoms with Crippen molar-refractivity contribution in [2.75, 3.05) is 5.75 Å². The van der Waals surface area contributed by atoms with Crippen LogP contribution in [-0.4, -0.2) is 27.1 Å². The topological polar surface area (TPSA) is 92.1 Å². The Labute approximate surface area is 192 Å².